The third-order valence-electron chi connectivity index (χ3n) is 3.18. The molecule has 8 heteroatoms. The molecule has 0 spiro atoms. The van der Waals surface area contributed by atoms with Crippen LogP contribution in [-0.2, 0) is 4.74 Å². The van der Waals surface area contributed by atoms with Crippen LogP contribution in [-0.4, -0.2) is 33.6 Å². The number of carbonyl (C=O) groups is 1. The molecule has 0 atom stereocenters. The van der Waals surface area contributed by atoms with Crippen LogP contribution in [0.25, 0.3) is 11.0 Å². The number of carbonyl (C=O) groups excluding carboxylic acids is 1. The van der Waals surface area contributed by atoms with Gasteiger partial charge in [0.15, 0.2) is 5.82 Å². The van der Waals surface area contributed by atoms with Crippen LogP contribution in [0.4, 0.5) is 16.4 Å². The molecule has 2 heterocycles. The van der Waals surface area contributed by atoms with E-state index in [0.717, 1.165) is 5.56 Å². The molecule has 3 rings (SSSR count). The van der Waals surface area contributed by atoms with Crippen LogP contribution in [0.15, 0.2) is 47.8 Å². The molecule has 3 N–H and O–H groups in total. The number of imidazole rings is 1. The molecule has 122 valence electrons. The summed E-state index contributed by atoms with van der Waals surface area (Å²) < 4.78 is 6.40. The lowest BCUT2D eigenvalue weighted by Gasteiger charge is -2.06. The Bertz CT molecular complexity index is 888. The lowest BCUT2D eigenvalue weighted by atomic mass is 10.2. The van der Waals surface area contributed by atoms with Crippen molar-refractivity contribution in [1.29, 1.82) is 0 Å². The summed E-state index contributed by atoms with van der Waals surface area (Å²) in [6.07, 6.45) is 2.65. The first kappa shape index (κ1) is 15.5. The Kier molecular flexibility index (Phi) is 4.37. The molecule has 8 nitrogen and oxygen atoms in total. The maximum Gasteiger partial charge on any atom is 0.412 e. The van der Waals surface area contributed by atoms with Crippen molar-refractivity contribution >= 4 is 35.0 Å². The molecule has 0 saturated heterocycles. The Morgan fingerprint density at radius 3 is 2.96 bits per heavy atom. The number of aromatic nitrogens is 3. The maximum absolute atomic E-state index is 11.5. The summed E-state index contributed by atoms with van der Waals surface area (Å²) in [5.41, 5.74) is 7.98. The lowest BCUT2D eigenvalue weighted by molar-refractivity contribution is 0.168. The summed E-state index contributed by atoms with van der Waals surface area (Å²) in [6, 6.07) is 11.3. The Labute approximate surface area is 138 Å². The van der Waals surface area contributed by atoms with E-state index in [1.165, 1.54) is 6.33 Å². The monoisotopic (exact) mass is 324 g/mol. The number of rotatable bonds is 4. The fraction of sp³-hybridized carbons (Fsp3) is 0.125. The number of hydrogen-bond acceptors (Lipinski definition) is 6. The number of anilines is 2. The zero-order valence-corrected chi connectivity index (χ0v) is 13.0. The Morgan fingerprint density at radius 2 is 2.21 bits per heavy atom. The number of amides is 1. The molecule has 0 aliphatic heterocycles. The van der Waals surface area contributed by atoms with Crippen molar-refractivity contribution < 1.29 is 9.53 Å². The van der Waals surface area contributed by atoms with Crippen LogP contribution in [0.3, 0.4) is 0 Å². The Hall–Kier alpha value is -3.42. The Balaban J connectivity index is 1.93. The van der Waals surface area contributed by atoms with Crippen molar-refractivity contribution in [2.24, 2.45) is 5.10 Å². The summed E-state index contributed by atoms with van der Waals surface area (Å²) in [5, 5.41) is 6.89. The van der Waals surface area contributed by atoms with Gasteiger partial charge in [0.2, 0.25) is 0 Å². The summed E-state index contributed by atoms with van der Waals surface area (Å²) in [4.78, 5) is 19.8. The van der Waals surface area contributed by atoms with E-state index in [2.05, 4.69) is 20.4 Å². The molecular formula is C16H16N6O2. The molecule has 0 saturated carbocycles. The van der Waals surface area contributed by atoms with E-state index in [-0.39, 0.29) is 18.2 Å². The molecule has 0 aliphatic carbocycles. The highest BCUT2D eigenvalue weighted by molar-refractivity contribution is 5.91. The van der Waals surface area contributed by atoms with Gasteiger partial charge in [-0.3, -0.25) is 5.32 Å². The number of nitrogens with zero attached hydrogens (tertiary/aromatic N) is 4. The highest BCUT2D eigenvalue weighted by Gasteiger charge is 2.11. The minimum Gasteiger partial charge on any atom is -0.450 e. The number of nitrogens with two attached hydrogens (primary N) is 1. The predicted octanol–water partition coefficient (Wildman–Crippen LogP) is 2.46. The van der Waals surface area contributed by atoms with Crippen LogP contribution >= 0.6 is 0 Å². The average Bonchev–Trinajstić information content (AvgIpc) is 2.97. The quantitative estimate of drug-likeness (QED) is 0.717. The molecule has 0 radical (unpaired) electrons. The zero-order valence-electron chi connectivity index (χ0n) is 13.0. The number of ether oxygens (including phenoxy) is 1. The molecule has 3 aromatic rings. The summed E-state index contributed by atoms with van der Waals surface area (Å²) in [5.74, 6) is 0.475. The largest absolute Gasteiger partial charge is 0.450 e. The number of nitrogens with one attached hydrogen (secondary N) is 1. The summed E-state index contributed by atoms with van der Waals surface area (Å²) in [7, 11) is 0. The van der Waals surface area contributed by atoms with Gasteiger partial charge in [0.1, 0.15) is 17.7 Å². The number of nitrogen functional groups attached to an aromatic ring is 1. The van der Waals surface area contributed by atoms with Gasteiger partial charge in [-0.05, 0) is 12.5 Å². The predicted molar refractivity (Wildman–Crippen MR) is 92.0 cm³/mol. The molecule has 0 aliphatic rings. The highest BCUT2D eigenvalue weighted by Crippen LogP contribution is 2.21. The lowest BCUT2D eigenvalue weighted by Crippen LogP contribution is -2.14. The van der Waals surface area contributed by atoms with Crippen LogP contribution in [0.2, 0.25) is 0 Å². The van der Waals surface area contributed by atoms with Gasteiger partial charge in [0, 0.05) is 6.07 Å². The van der Waals surface area contributed by atoms with Gasteiger partial charge >= 0.3 is 6.09 Å². The fourth-order valence-electron chi connectivity index (χ4n) is 2.12. The van der Waals surface area contributed by atoms with Gasteiger partial charge < -0.3 is 10.5 Å². The van der Waals surface area contributed by atoms with Crippen LogP contribution in [0.1, 0.15) is 12.5 Å². The third kappa shape index (κ3) is 3.32. The van der Waals surface area contributed by atoms with E-state index in [9.17, 15) is 4.79 Å². The van der Waals surface area contributed by atoms with Gasteiger partial charge in [0.05, 0.1) is 18.3 Å². The van der Waals surface area contributed by atoms with E-state index < -0.39 is 6.09 Å². The molecule has 24 heavy (non-hydrogen) atoms. The van der Waals surface area contributed by atoms with Gasteiger partial charge in [0.25, 0.3) is 0 Å². The summed E-state index contributed by atoms with van der Waals surface area (Å²) >= 11 is 0. The zero-order chi connectivity index (χ0) is 16.9. The fourth-order valence-corrected chi connectivity index (χ4v) is 2.12. The third-order valence-corrected chi connectivity index (χ3v) is 3.18. The van der Waals surface area contributed by atoms with Gasteiger partial charge in [-0.25, -0.2) is 19.4 Å². The normalized spacial score (nSPS) is 11.0. The second-order valence-electron chi connectivity index (χ2n) is 4.85. The van der Waals surface area contributed by atoms with Crippen molar-refractivity contribution in [1.82, 2.24) is 14.6 Å². The maximum atomic E-state index is 11.5. The van der Waals surface area contributed by atoms with Crippen molar-refractivity contribution in [2.45, 2.75) is 6.92 Å². The Morgan fingerprint density at radius 1 is 1.42 bits per heavy atom. The minimum atomic E-state index is -0.595. The van der Waals surface area contributed by atoms with E-state index in [4.69, 9.17) is 10.5 Å². The first-order chi connectivity index (χ1) is 11.7. The van der Waals surface area contributed by atoms with Crippen LogP contribution in [0.5, 0.6) is 0 Å². The first-order valence-corrected chi connectivity index (χ1v) is 7.34. The first-order valence-electron chi connectivity index (χ1n) is 7.34. The van der Waals surface area contributed by atoms with Crippen molar-refractivity contribution in [3.63, 3.8) is 0 Å². The molecule has 0 unspecified atom stereocenters. The second kappa shape index (κ2) is 6.78. The molecule has 0 fully saturated rings. The van der Waals surface area contributed by atoms with Gasteiger partial charge in [-0.15, -0.1) is 0 Å². The molecule has 1 amide bonds. The standard InChI is InChI=1S/C16H16N6O2/c1-2-24-16(23)21-13-8-12-14(15(17)20-13)18-10-22(12)19-9-11-6-4-3-5-7-11/h3-10H,2H2,1H3,(H3,17,20,21,23). The van der Waals surface area contributed by atoms with Gasteiger partial charge in [-0.1, -0.05) is 30.3 Å². The molecule has 0 bridgehead atoms. The SMILES string of the molecule is CCOC(=O)Nc1cc2c(ncn2N=Cc2ccccc2)c(N)n1. The van der Waals surface area contributed by atoms with E-state index >= 15 is 0 Å². The molecular weight excluding hydrogens is 308 g/mol. The number of benzene rings is 1. The van der Waals surface area contributed by atoms with Crippen LogP contribution < -0.4 is 11.1 Å². The average molecular weight is 324 g/mol. The summed E-state index contributed by atoms with van der Waals surface area (Å²) in [6.45, 7) is 1.99. The second-order valence-corrected chi connectivity index (χ2v) is 4.85. The van der Waals surface area contributed by atoms with Crippen molar-refractivity contribution in [3.8, 4) is 0 Å². The minimum absolute atomic E-state index is 0.202. The number of fused-ring (bicyclic) bond motifs is 1. The van der Waals surface area contributed by atoms with Crippen LogP contribution in [0, 0.1) is 0 Å². The highest BCUT2D eigenvalue weighted by atomic mass is 16.5. The smallest absolute Gasteiger partial charge is 0.412 e. The van der Waals surface area contributed by atoms with E-state index in [1.54, 1.807) is 23.9 Å². The molecule has 1 aromatic carbocycles. The number of pyridine rings is 1. The van der Waals surface area contributed by atoms with E-state index in [0.29, 0.717) is 11.0 Å². The van der Waals surface area contributed by atoms with Crippen molar-refractivity contribution in [2.75, 3.05) is 17.7 Å². The van der Waals surface area contributed by atoms with Gasteiger partial charge in [-0.2, -0.15) is 5.10 Å². The topological polar surface area (TPSA) is 107 Å². The number of hydrogen-bond donors (Lipinski definition) is 2. The molecule has 2 aromatic heterocycles. The van der Waals surface area contributed by atoms with Crippen molar-refractivity contribution in [3.05, 3.63) is 48.3 Å². The van der Waals surface area contributed by atoms with E-state index in [1.807, 2.05) is 30.3 Å².